The van der Waals surface area contributed by atoms with Crippen LogP contribution in [0.15, 0.2) is 23.1 Å². The summed E-state index contributed by atoms with van der Waals surface area (Å²) in [6.45, 7) is 1.10. The SMILES string of the molecule is O=C(O[C@H]1CCOC1=O)c1cc(S(=O)(=O)N2CCCCC2)ccc1Cl. The van der Waals surface area contributed by atoms with E-state index in [2.05, 4.69) is 0 Å². The number of hydrogen-bond acceptors (Lipinski definition) is 6. The molecule has 0 radical (unpaired) electrons. The summed E-state index contributed by atoms with van der Waals surface area (Å²) < 4.78 is 36.7. The van der Waals surface area contributed by atoms with Crippen LogP contribution in [0.4, 0.5) is 0 Å². The number of nitrogens with zero attached hydrogens (tertiary/aromatic N) is 1. The molecule has 2 aliphatic rings. The molecule has 0 aromatic heterocycles. The minimum Gasteiger partial charge on any atom is -0.463 e. The van der Waals surface area contributed by atoms with Gasteiger partial charge < -0.3 is 9.47 Å². The van der Waals surface area contributed by atoms with E-state index in [1.54, 1.807) is 0 Å². The van der Waals surface area contributed by atoms with Gasteiger partial charge >= 0.3 is 11.9 Å². The third kappa shape index (κ3) is 3.80. The minimum atomic E-state index is -3.70. The van der Waals surface area contributed by atoms with Crippen molar-refractivity contribution < 1.29 is 27.5 Å². The number of carbonyl (C=O) groups is 2. The fourth-order valence-corrected chi connectivity index (χ4v) is 4.59. The maximum absolute atomic E-state index is 12.7. The highest BCUT2D eigenvalue weighted by molar-refractivity contribution is 7.89. The van der Waals surface area contributed by atoms with Crippen molar-refractivity contribution in [3.8, 4) is 0 Å². The Balaban J connectivity index is 1.84. The van der Waals surface area contributed by atoms with Gasteiger partial charge in [-0.1, -0.05) is 18.0 Å². The molecule has 2 aliphatic heterocycles. The molecule has 0 amide bonds. The van der Waals surface area contributed by atoms with Gasteiger partial charge in [0.05, 0.1) is 22.1 Å². The predicted octanol–water partition coefficient (Wildman–Crippen LogP) is 1.99. The van der Waals surface area contributed by atoms with Crippen molar-refractivity contribution in [2.45, 2.75) is 36.7 Å². The molecular formula is C16H18ClNO6S. The standard InChI is InChI=1S/C16H18ClNO6S/c17-13-5-4-11(25(21,22)18-7-2-1-3-8-18)10-12(13)15(19)24-14-6-9-23-16(14)20/h4-5,10,14H,1-3,6-9H2/t14-/m0/s1. The fourth-order valence-electron chi connectivity index (χ4n) is 2.85. The van der Waals surface area contributed by atoms with E-state index in [0.29, 0.717) is 13.1 Å². The van der Waals surface area contributed by atoms with E-state index in [1.165, 1.54) is 22.5 Å². The van der Waals surface area contributed by atoms with Crippen molar-refractivity contribution in [3.05, 3.63) is 28.8 Å². The number of halogens is 1. The molecule has 9 heteroatoms. The summed E-state index contributed by atoms with van der Waals surface area (Å²) in [5.41, 5.74) is -0.0838. The zero-order chi connectivity index (χ0) is 18.0. The zero-order valence-corrected chi connectivity index (χ0v) is 15.0. The first-order chi connectivity index (χ1) is 11.9. The van der Waals surface area contributed by atoms with Crippen molar-refractivity contribution in [2.75, 3.05) is 19.7 Å². The first-order valence-corrected chi connectivity index (χ1v) is 9.89. The van der Waals surface area contributed by atoms with Gasteiger partial charge in [0, 0.05) is 19.5 Å². The van der Waals surface area contributed by atoms with Crippen molar-refractivity contribution in [1.82, 2.24) is 4.31 Å². The van der Waals surface area contributed by atoms with Crippen LogP contribution >= 0.6 is 11.6 Å². The van der Waals surface area contributed by atoms with E-state index in [9.17, 15) is 18.0 Å². The lowest BCUT2D eigenvalue weighted by atomic mass is 10.2. The van der Waals surface area contributed by atoms with Crippen LogP contribution in [0.5, 0.6) is 0 Å². The molecule has 1 atom stereocenters. The van der Waals surface area contributed by atoms with Crippen LogP contribution in [0, 0.1) is 0 Å². The van der Waals surface area contributed by atoms with Crippen LogP contribution in [0.2, 0.25) is 5.02 Å². The second kappa shape index (κ2) is 7.31. The lowest BCUT2D eigenvalue weighted by Gasteiger charge is -2.26. The molecule has 25 heavy (non-hydrogen) atoms. The number of ether oxygens (including phenoxy) is 2. The molecule has 7 nitrogen and oxygen atoms in total. The molecule has 0 unspecified atom stereocenters. The number of sulfonamides is 1. The van der Waals surface area contributed by atoms with Crippen LogP contribution in [0.25, 0.3) is 0 Å². The van der Waals surface area contributed by atoms with Gasteiger partial charge in [0.15, 0.2) is 0 Å². The van der Waals surface area contributed by atoms with E-state index >= 15 is 0 Å². The van der Waals surface area contributed by atoms with E-state index in [1.807, 2.05) is 0 Å². The monoisotopic (exact) mass is 387 g/mol. The first kappa shape index (κ1) is 18.2. The molecule has 0 aliphatic carbocycles. The third-order valence-corrected chi connectivity index (χ3v) is 6.47. The van der Waals surface area contributed by atoms with Gasteiger partial charge in [-0.15, -0.1) is 0 Å². The summed E-state index contributed by atoms with van der Waals surface area (Å²) in [5, 5.41) is 0.0639. The highest BCUT2D eigenvalue weighted by Crippen LogP contribution is 2.26. The molecule has 136 valence electrons. The van der Waals surface area contributed by atoms with Gasteiger partial charge in [0.1, 0.15) is 0 Å². The summed E-state index contributed by atoms with van der Waals surface area (Å²) in [6, 6.07) is 3.92. The summed E-state index contributed by atoms with van der Waals surface area (Å²) in [5.74, 6) is -1.45. The number of rotatable bonds is 4. The topological polar surface area (TPSA) is 90.0 Å². The number of esters is 2. The second-order valence-electron chi connectivity index (χ2n) is 5.96. The summed E-state index contributed by atoms with van der Waals surface area (Å²) in [6.07, 6.45) is 1.91. The Morgan fingerprint density at radius 3 is 2.60 bits per heavy atom. The molecule has 3 rings (SSSR count). The van der Waals surface area contributed by atoms with Crippen LogP contribution in [-0.4, -0.2) is 50.5 Å². The number of hydrogen-bond donors (Lipinski definition) is 0. The molecule has 1 aromatic rings. The Morgan fingerprint density at radius 2 is 1.96 bits per heavy atom. The lowest BCUT2D eigenvalue weighted by molar-refractivity contribution is -0.145. The summed E-state index contributed by atoms with van der Waals surface area (Å²) in [7, 11) is -3.70. The fraction of sp³-hybridized carbons (Fsp3) is 0.500. The summed E-state index contributed by atoms with van der Waals surface area (Å²) in [4.78, 5) is 23.7. The Morgan fingerprint density at radius 1 is 1.24 bits per heavy atom. The molecule has 2 fully saturated rings. The van der Waals surface area contributed by atoms with E-state index in [0.717, 1.165) is 19.3 Å². The Bertz CT molecular complexity index is 788. The van der Waals surface area contributed by atoms with Crippen molar-refractivity contribution in [1.29, 1.82) is 0 Å². The molecule has 0 bridgehead atoms. The molecule has 2 heterocycles. The Kier molecular flexibility index (Phi) is 5.31. The Labute approximate surface area is 150 Å². The highest BCUT2D eigenvalue weighted by Gasteiger charge is 2.32. The average Bonchev–Trinajstić information content (AvgIpc) is 3.00. The highest BCUT2D eigenvalue weighted by atomic mass is 35.5. The van der Waals surface area contributed by atoms with Gasteiger partial charge in [-0.2, -0.15) is 4.31 Å². The third-order valence-electron chi connectivity index (χ3n) is 4.25. The van der Waals surface area contributed by atoms with Gasteiger partial charge in [-0.3, -0.25) is 0 Å². The van der Waals surface area contributed by atoms with Crippen LogP contribution in [-0.2, 0) is 24.3 Å². The molecular weight excluding hydrogens is 370 g/mol. The van der Waals surface area contributed by atoms with Gasteiger partial charge in [-0.25, -0.2) is 18.0 Å². The van der Waals surface area contributed by atoms with E-state index < -0.39 is 28.1 Å². The molecule has 0 saturated carbocycles. The van der Waals surface area contributed by atoms with Crippen molar-refractivity contribution in [3.63, 3.8) is 0 Å². The largest absolute Gasteiger partial charge is 0.463 e. The number of piperidine rings is 1. The number of cyclic esters (lactones) is 1. The van der Waals surface area contributed by atoms with Crippen molar-refractivity contribution >= 4 is 33.6 Å². The van der Waals surface area contributed by atoms with Crippen LogP contribution in [0.3, 0.4) is 0 Å². The predicted molar refractivity (Wildman–Crippen MR) is 88.8 cm³/mol. The molecule has 0 spiro atoms. The van der Waals surface area contributed by atoms with Crippen LogP contribution < -0.4 is 0 Å². The zero-order valence-electron chi connectivity index (χ0n) is 13.4. The maximum atomic E-state index is 12.7. The number of carbonyl (C=O) groups excluding carboxylic acids is 2. The molecule has 0 N–H and O–H groups in total. The minimum absolute atomic E-state index is 0.0141. The normalized spacial score (nSPS) is 21.8. The number of benzene rings is 1. The molecule has 2 saturated heterocycles. The van der Waals surface area contributed by atoms with E-state index in [4.69, 9.17) is 21.1 Å². The smallest absolute Gasteiger partial charge is 0.347 e. The van der Waals surface area contributed by atoms with Gasteiger partial charge in [0.25, 0.3) is 0 Å². The average molecular weight is 388 g/mol. The maximum Gasteiger partial charge on any atom is 0.347 e. The lowest BCUT2D eigenvalue weighted by Crippen LogP contribution is -2.35. The van der Waals surface area contributed by atoms with Gasteiger partial charge in [-0.05, 0) is 31.0 Å². The molecule has 1 aromatic carbocycles. The second-order valence-corrected chi connectivity index (χ2v) is 8.30. The quantitative estimate of drug-likeness (QED) is 0.734. The Hall–Kier alpha value is -1.64. The van der Waals surface area contributed by atoms with Gasteiger partial charge in [0.2, 0.25) is 16.1 Å². The first-order valence-electron chi connectivity index (χ1n) is 8.07. The van der Waals surface area contributed by atoms with Crippen molar-refractivity contribution in [2.24, 2.45) is 0 Å². The van der Waals surface area contributed by atoms with Crippen LogP contribution in [0.1, 0.15) is 36.0 Å². The van der Waals surface area contributed by atoms with E-state index in [-0.39, 0.29) is 28.5 Å². The summed E-state index contributed by atoms with van der Waals surface area (Å²) >= 11 is 6.02.